The van der Waals surface area contributed by atoms with Crippen molar-refractivity contribution in [2.75, 3.05) is 11.6 Å². The van der Waals surface area contributed by atoms with Crippen molar-refractivity contribution in [3.63, 3.8) is 0 Å². The molecular formula is C18H19ClN6O2S. The number of rotatable bonds is 6. The van der Waals surface area contributed by atoms with Crippen molar-refractivity contribution in [2.24, 2.45) is 14.1 Å². The number of nitrogens with zero attached hydrogens (tertiary/aromatic N) is 4. The van der Waals surface area contributed by atoms with Gasteiger partial charge in [0.15, 0.2) is 0 Å². The predicted octanol–water partition coefficient (Wildman–Crippen LogP) is 2.71. The molecule has 2 aromatic heterocycles. The minimum atomic E-state index is -0.407. The monoisotopic (exact) mass is 418 g/mol. The van der Waals surface area contributed by atoms with Gasteiger partial charge < -0.3 is 10.6 Å². The van der Waals surface area contributed by atoms with Gasteiger partial charge in [-0.15, -0.1) is 11.8 Å². The van der Waals surface area contributed by atoms with Gasteiger partial charge in [-0.25, -0.2) is 0 Å². The van der Waals surface area contributed by atoms with Crippen LogP contribution >= 0.6 is 23.4 Å². The number of hydrogen-bond donors (Lipinski definition) is 2. The summed E-state index contributed by atoms with van der Waals surface area (Å²) in [5, 5.41) is 14.0. The molecule has 28 heavy (non-hydrogen) atoms. The highest BCUT2D eigenvalue weighted by Gasteiger charge is 2.20. The number of carbonyl (C=O) groups excluding carboxylic acids is 2. The first-order valence-corrected chi connectivity index (χ1v) is 9.92. The van der Waals surface area contributed by atoms with Gasteiger partial charge in [-0.2, -0.15) is 10.2 Å². The van der Waals surface area contributed by atoms with Gasteiger partial charge in [-0.3, -0.25) is 19.0 Å². The summed E-state index contributed by atoms with van der Waals surface area (Å²) in [6.07, 6.45) is 6.83. The summed E-state index contributed by atoms with van der Waals surface area (Å²) in [6, 6.07) is 5.22. The fourth-order valence-corrected chi connectivity index (χ4v) is 3.27. The summed E-state index contributed by atoms with van der Waals surface area (Å²) in [5.41, 5.74) is 1.75. The van der Waals surface area contributed by atoms with Gasteiger partial charge in [0.05, 0.1) is 28.7 Å². The van der Waals surface area contributed by atoms with Crippen LogP contribution in [0, 0.1) is 0 Å². The van der Waals surface area contributed by atoms with Gasteiger partial charge in [0.25, 0.3) is 11.8 Å². The van der Waals surface area contributed by atoms with Crippen LogP contribution in [0.15, 0.2) is 41.7 Å². The smallest absolute Gasteiger partial charge is 0.271 e. The lowest BCUT2D eigenvalue weighted by Gasteiger charge is -2.10. The van der Waals surface area contributed by atoms with Crippen molar-refractivity contribution in [1.82, 2.24) is 24.9 Å². The summed E-state index contributed by atoms with van der Waals surface area (Å²) >= 11 is 7.67. The first-order chi connectivity index (χ1) is 13.4. The Morgan fingerprint density at radius 2 is 1.96 bits per heavy atom. The Morgan fingerprint density at radius 1 is 1.18 bits per heavy atom. The number of nitrogens with one attached hydrogen (secondary N) is 2. The minimum absolute atomic E-state index is 0.245. The molecule has 8 nitrogen and oxygen atoms in total. The normalized spacial score (nSPS) is 10.7. The van der Waals surface area contributed by atoms with Gasteiger partial charge in [-0.05, 0) is 24.5 Å². The Labute approximate surface area is 171 Å². The Bertz CT molecular complexity index is 1030. The van der Waals surface area contributed by atoms with E-state index in [4.69, 9.17) is 11.6 Å². The Balaban J connectivity index is 1.77. The lowest BCUT2D eigenvalue weighted by molar-refractivity contribution is 0.0942. The lowest BCUT2D eigenvalue weighted by atomic mass is 10.2. The number of anilines is 1. The lowest BCUT2D eigenvalue weighted by Crippen LogP contribution is -2.26. The highest BCUT2D eigenvalue weighted by atomic mass is 35.5. The second kappa shape index (κ2) is 8.49. The van der Waals surface area contributed by atoms with Gasteiger partial charge in [0.2, 0.25) is 0 Å². The van der Waals surface area contributed by atoms with Crippen molar-refractivity contribution in [3.05, 3.63) is 58.6 Å². The van der Waals surface area contributed by atoms with E-state index >= 15 is 0 Å². The molecule has 0 saturated carbocycles. The fourth-order valence-electron chi connectivity index (χ4n) is 2.62. The molecule has 2 heterocycles. The number of amides is 2. The third kappa shape index (κ3) is 4.37. The van der Waals surface area contributed by atoms with Crippen LogP contribution in [0.4, 0.5) is 5.69 Å². The second-order valence-electron chi connectivity index (χ2n) is 6.04. The molecule has 0 bridgehead atoms. The molecule has 3 aromatic rings. The maximum absolute atomic E-state index is 12.7. The van der Waals surface area contributed by atoms with Gasteiger partial charge in [-0.1, -0.05) is 11.6 Å². The van der Waals surface area contributed by atoms with E-state index in [0.717, 1.165) is 10.5 Å². The topological polar surface area (TPSA) is 93.8 Å². The second-order valence-corrected chi connectivity index (χ2v) is 7.32. The van der Waals surface area contributed by atoms with E-state index < -0.39 is 5.91 Å². The molecule has 0 atom stereocenters. The molecule has 0 unspecified atom stereocenters. The number of carbonyl (C=O) groups is 2. The van der Waals surface area contributed by atoms with Crippen molar-refractivity contribution < 1.29 is 9.59 Å². The van der Waals surface area contributed by atoms with Crippen LogP contribution in [-0.4, -0.2) is 37.6 Å². The zero-order valence-corrected chi connectivity index (χ0v) is 17.1. The van der Waals surface area contributed by atoms with Crippen molar-refractivity contribution in [2.45, 2.75) is 11.4 Å². The van der Waals surface area contributed by atoms with Crippen LogP contribution in [0.1, 0.15) is 26.4 Å². The third-order valence-electron chi connectivity index (χ3n) is 4.03. The zero-order chi connectivity index (χ0) is 20.3. The minimum Gasteiger partial charge on any atom is -0.346 e. The van der Waals surface area contributed by atoms with Crippen LogP contribution < -0.4 is 10.6 Å². The van der Waals surface area contributed by atoms with E-state index in [-0.39, 0.29) is 11.6 Å². The maximum Gasteiger partial charge on any atom is 0.271 e. The number of thioether (sulfide) groups is 1. The van der Waals surface area contributed by atoms with Crippen molar-refractivity contribution in [1.29, 1.82) is 0 Å². The molecule has 2 N–H and O–H groups in total. The molecule has 0 saturated heterocycles. The molecule has 1 aromatic carbocycles. The molecule has 146 valence electrons. The third-order valence-corrected chi connectivity index (χ3v) is 5.09. The molecule has 0 aliphatic carbocycles. The molecule has 2 amide bonds. The molecule has 10 heteroatoms. The molecule has 0 spiro atoms. The number of aromatic nitrogens is 4. The van der Waals surface area contributed by atoms with Gasteiger partial charge in [0, 0.05) is 37.3 Å². The Morgan fingerprint density at radius 3 is 2.64 bits per heavy atom. The predicted molar refractivity (Wildman–Crippen MR) is 109 cm³/mol. The summed E-state index contributed by atoms with van der Waals surface area (Å²) in [6.45, 7) is 0.312. The Hall–Kier alpha value is -2.78. The van der Waals surface area contributed by atoms with E-state index in [1.165, 1.54) is 22.6 Å². The van der Waals surface area contributed by atoms with Crippen LogP contribution in [0.5, 0.6) is 0 Å². The molecule has 0 fully saturated rings. The number of halogens is 1. The molecular weight excluding hydrogens is 400 g/mol. The SMILES string of the molecule is CSc1ccc(Cl)c(C(=O)Nc2cnn(C)c2C(=O)NCc2cnn(C)c2)c1. The maximum atomic E-state index is 12.7. The van der Waals surface area contributed by atoms with Crippen molar-refractivity contribution >= 4 is 40.9 Å². The standard InChI is InChI=1S/C18H19ClN6O2S/c1-24-10-11(8-21-24)7-20-18(27)16-15(9-22-25(16)2)23-17(26)13-6-12(28-3)4-5-14(13)19/h4-6,8-10H,7H2,1-3H3,(H,20,27)(H,23,26). The van der Waals surface area contributed by atoms with E-state index in [9.17, 15) is 9.59 Å². The summed E-state index contributed by atoms with van der Waals surface area (Å²) < 4.78 is 3.07. The van der Waals surface area contributed by atoms with Gasteiger partial charge >= 0.3 is 0 Å². The molecule has 0 aliphatic heterocycles. The largest absolute Gasteiger partial charge is 0.346 e. The average Bonchev–Trinajstić information content (AvgIpc) is 3.25. The van der Waals surface area contributed by atoms with Crippen LogP contribution in [0.3, 0.4) is 0 Å². The number of aryl methyl sites for hydroxylation is 2. The van der Waals surface area contributed by atoms with E-state index in [1.54, 1.807) is 37.1 Å². The zero-order valence-electron chi connectivity index (χ0n) is 15.6. The molecule has 0 radical (unpaired) electrons. The number of benzene rings is 1. The first kappa shape index (κ1) is 20.0. The van der Waals surface area contributed by atoms with E-state index in [2.05, 4.69) is 20.8 Å². The van der Waals surface area contributed by atoms with Crippen LogP contribution in [-0.2, 0) is 20.6 Å². The Kier molecular flexibility index (Phi) is 6.05. The quantitative estimate of drug-likeness (QED) is 0.600. The highest BCUT2D eigenvalue weighted by Crippen LogP contribution is 2.24. The van der Waals surface area contributed by atoms with E-state index in [1.807, 2.05) is 18.5 Å². The van der Waals surface area contributed by atoms with E-state index in [0.29, 0.717) is 22.8 Å². The summed E-state index contributed by atoms with van der Waals surface area (Å²) in [5.74, 6) is -0.765. The summed E-state index contributed by atoms with van der Waals surface area (Å²) in [4.78, 5) is 26.2. The number of hydrogen-bond acceptors (Lipinski definition) is 5. The van der Waals surface area contributed by atoms with Gasteiger partial charge in [0.1, 0.15) is 5.69 Å². The average molecular weight is 419 g/mol. The van der Waals surface area contributed by atoms with Crippen LogP contribution in [0.25, 0.3) is 0 Å². The first-order valence-electron chi connectivity index (χ1n) is 8.31. The molecule has 0 aliphatic rings. The van der Waals surface area contributed by atoms with Crippen molar-refractivity contribution in [3.8, 4) is 0 Å². The van der Waals surface area contributed by atoms with Crippen LogP contribution in [0.2, 0.25) is 5.02 Å². The molecule has 3 rings (SSSR count). The fraction of sp³-hybridized carbons (Fsp3) is 0.222. The summed E-state index contributed by atoms with van der Waals surface area (Å²) in [7, 11) is 3.44. The highest BCUT2D eigenvalue weighted by molar-refractivity contribution is 7.98.